The lowest BCUT2D eigenvalue weighted by Gasteiger charge is -2.15. The molecule has 28 heavy (non-hydrogen) atoms. The second-order valence-corrected chi connectivity index (χ2v) is 9.40. The summed E-state index contributed by atoms with van der Waals surface area (Å²) in [5.41, 5.74) is 2.63. The molecular weight excluding hydrogens is 400 g/mol. The fourth-order valence-corrected chi connectivity index (χ4v) is 5.63. The van der Waals surface area contributed by atoms with E-state index in [1.807, 2.05) is 6.92 Å². The molecule has 1 saturated heterocycles. The molecule has 0 aliphatic carbocycles. The molecule has 152 valence electrons. The molecule has 9 heteroatoms. The Kier molecular flexibility index (Phi) is 6.12. The molecule has 2 aromatic rings. The van der Waals surface area contributed by atoms with Gasteiger partial charge in [-0.2, -0.15) is 9.40 Å². The van der Waals surface area contributed by atoms with E-state index >= 15 is 0 Å². The van der Waals surface area contributed by atoms with Crippen molar-refractivity contribution in [1.82, 2.24) is 14.1 Å². The van der Waals surface area contributed by atoms with Crippen LogP contribution in [0.2, 0.25) is 5.02 Å². The van der Waals surface area contributed by atoms with Crippen LogP contribution in [0.4, 0.5) is 5.69 Å². The molecule has 2 heterocycles. The summed E-state index contributed by atoms with van der Waals surface area (Å²) >= 11 is 5.94. The average Bonchev–Trinajstić information content (AvgIpc) is 3.24. The van der Waals surface area contributed by atoms with E-state index in [0.717, 1.165) is 18.4 Å². The van der Waals surface area contributed by atoms with Crippen molar-refractivity contribution in [2.45, 2.75) is 51.5 Å². The number of aromatic nitrogens is 2. The zero-order chi connectivity index (χ0) is 20.5. The lowest BCUT2D eigenvalue weighted by Crippen LogP contribution is -2.28. The standard InChI is InChI=1S/C19H25ClN4O3S/c1-13-12-16(20)6-7-17(13)21-18(25)8-11-24-15(3)19(14(2)22-24)28(26,27)23-9-4-5-10-23/h6-7,12H,4-5,8-11H2,1-3H3,(H,21,25). The average molecular weight is 425 g/mol. The summed E-state index contributed by atoms with van der Waals surface area (Å²) in [5, 5.41) is 7.84. The first kappa shape index (κ1) is 20.8. The van der Waals surface area contributed by atoms with Crippen molar-refractivity contribution in [2.75, 3.05) is 18.4 Å². The van der Waals surface area contributed by atoms with Gasteiger partial charge >= 0.3 is 0 Å². The fourth-order valence-electron chi connectivity index (χ4n) is 3.52. The zero-order valence-corrected chi connectivity index (χ0v) is 17.9. The van der Waals surface area contributed by atoms with Gasteiger partial charge in [0, 0.05) is 30.2 Å². The second-order valence-electron chi connectivity index (χ2n) is 7.09. The molecule has 0 unspecified atom stereocenters. The number of sulfonamides is 1. The van der Waals surface area contributed by atoms with E-state index in [0.29, 0.717) is 41.7 Å². The Labute approximate surface area is 170 Å². The number of halogens is 1. The van der Waals surface area contributed by atoms with Gasteiger partial charge in [0.25, 0.3) is 0 Å². The summed E-state index contributed by atoms with van der Waals surface area (Å²) in [5.74, 6) is -0.165. The molecule has 0 saturated carbocycles. The Hall–Kier alpha value is -1.90. The van der Waals surface area contributed by atoms with Gasteiger partial charge in [-0.15, -0.1) is 0 Å². The number of hydrogen-bond acceptors (Lipinski definition) is 4. The van der Waals surface area contributed by atoms with Gasteiger partial charge in [0.05, 0.1) is 17.9 Å². The molecule has 0 atom stereocenters. The largest absolute Gasteiger partial charge is 0.326 e. The number of aryl methyl sites for hydroxylation is 3. The van der Waals surface area contributed by atoms with Crippen molar-refractivity contribution in [3.63, 3.8) is 0 Å². The van der Waals surface area contributed by atoms with Crippen LogP contribution < -0.4 is 5.32 Å². The minimum atomic E-state index is -3.54. The van der Waals surface area contributed by atoms with Crippen LogP contribution >= 0.6 is 11.6 Å². The predicted molar refractivity (Wildman–Crippen MR) is 109 cm³/mol. The molecule has 0 bridgehead atoms. The van der Waals surface area contributed by atoms with E-state index in [4.69, 9.17) is 11.6 Å². The SMILES string of the molecule is Cc1cc(Cl)ccc1NC(=O)CCn1nc(C)c(S(=O)(=O)N2CCCC2)c1C. The number of carbonyl (C=O) groups excluding carboxylic acids is 1. The molecule has 1 amide bonds. The molecule has 1 N–H and O–H groups in total. The number of anilines is 1. The van der Waals surface area contributed by atoms with Crippen molar-refractivity contribution in [2.24, 2.45) is 0 Å². The fraction of sp³-hybridized carbons (Fsp3) is 0.474. The maximum Gasteiger partial charge on any atom is 0.246 e. The minimum Gasteiger partial charge on any atom is -0.326 e. The van der Waals surface area contributed by atoms with Crippen LogP contribution in [0.3, 0.4) is 0 Å². The molecule has 7 nitrogen and oxygen atoms in total. The molecule has 1 aliphatic rings. The van der Waals surface area contributed by atoms with E-state index in [-0.39, 0.29) is 17.2 Å². The van der Waals surface area contributed by atoms with Crippen molar-refractivity contribution >= 4 is 33.2 Å². The van der Waals surface area contributed by atoms with E-state index in [9.17, 15) is 13.2 Å². The normalized spacial score (nSPS) is 15.1. The molecule has 1 fully saturated rings. The highest BCUT2D eigenvalue weighted by atomic mass is 35.5. The number of rotatable bonds is 6. The van der Waals surface area contributed by atoms with Crippen LogP contribution in [0, 0.1) is 20.8 Å². The third-order valence-corrected chi connectivity index (χ3v) is 7.38. The molecular formula is C19H25ClN4O3S. The summed E-state index contributed by atoms with van der Waals surface area (Å²) in [7, 11) is -3.54. The zero-order valence-electron chi connectivity index (χ0n) is 16.3. The summed E-state index contributed by atoms with van der Waals surface area (Å²) in [6.07, 6.45) is 1.96. The Morgan fingerprint density at radius 3 is 2.54 bits per heavy atom. The first-order chi connectivity index (χ1) is 13.2. The van der Waals surface area contributed by atoms with Crippen molar-refractivity contribution in [3.8, 4) is 0 Å². The van der Waals surface area contributed by atoms with Crippen molar-refractivity contribution in [3.05, 3.63) is 40.2 Å². The van der Waals surface area contributed by atoms with Gasteiger partial charge in [0.2, 0.25) is 15.9 Å². The maximum atomic E-state index is 12.9. The third-order valence-electron chi connectivity index (χ3n) is 4.99. The Morgan fingerprint density at radius 2 is 1.89 bits per heavy atom. The molecule has 0 spiro atoms. The highest BCUT2D eigenvalue weighted by Crippen LogP contribution is 2.26. The van der Waals surface area contributed by atoms with Crippen LogP contribution in [0.5, 0.6) is 0 Å². The van der Waals surface area contributed by atoms with E-state index < -0.39 is 10.0 Å². The first-order valence-electron chi connectivity index (χ1n) is 9.30. The third kappa shape index (κ3) is 4.24. The second kappa shape index (κ2) is 8.23. The molecule has 0 radical (unpaired) electrons. The van der Waals surface area contributed by atoms with Crippen LogP contribution in [-0.4, -0.2) is 41.5 Å². The van der Waals surface area contributed by atoms with Crippen molar-refractivity contribution < 1.29 is 13.2 Å². The van der Waals surface area contributed by atoms with E-state index in [1.54, 1.807) is 36.7 Å². The number of amides is 1. The maximum absolute atomic E-state index is 12.9. The Bertz CT molecular complexity index is 995. The predicted octanol–water partition coefficient (Wildman–Crippen LogP) is 3.28. The van der Waals surface area contributed by atoms with Crippen LogP contribution in [-0.2, 0) is 21.4 Å². The van der Waals surface area contributed by atoms with E-state index in [1.165, 1.54) is 4.31 Å². The Balaban J connectivity index is 1.70. The summed E-state index contributed by atoms with van der Waals surface area (Å²) in [6.45, 7) is 6.72. The van der Waals surface area contributed by atoms with Gasteiger partial charge in [-0.25, -0.2) is 8.42 Å². The van der Waals surface area contributed by atoms with Crippen LogP contribution in [0.1, 0.15) is 36.2 Å². The number of hydrogen-bond donors (Lipinski definition) is 1. The topological polar surface area (TPSA) is 84.3 Å². The minimum absolute atomic E-state index is 0.165. The van der Waals surface area contributed by atoms with Gasteiger partial charge in [-0.1, -0.05) is 11.6 Å². The van der Waals surface area contributed by atoms with Gasteiger partial charge in [0.1, 0.15) is 4.90 Å². The molecule has 1 aromatic carbocycles. The molecule has 1 aliphatic heterocycles. The monoisotopic (exact) mass is 424 g/mol. The number of nitrogens with one attached hydrogen (secondary N) is 1. The summed E-state index contributed by atoms with van der Waals surface area (Å²) < 4.78 is 29.0. The van der Waals surface area contributed by atoms with Gasteiger partial charge in [-0.3, -0.25) is 9.48 Å². The highest BCUT2D eigenvalue weighted by molar-refractivity contribution is 7.89. The number of nitrogens with zero attached hydrogens (tertiary/aromatic N) is 3. The van der Waals surface area contributed by atoms with Crippen molar-refractivity contribution in [1.29, 1.82) is 0 Å². The lowest BCUT2D eigenvalue weighted by atomic mass is 10.2. The summed E-state index contributed by atoms with van der Waals surface area (Å²) in [4.78, 5) is 12.6. The van der Waals surface area contributed by atoms with E-state index in [2.05, 4.69) is 10.4 Å². The van der Waals surface area contributed by atoms with Crippen LogP contribution in [0.15, 0.2) is 23.1 Å². The molecule has 3 rings (SSSR count). The molecule has 1 aromatic heterocycles. The smallest absolute Gasteiger partial charge is 0.246 e. The summed E-state index contributed by atoms with van der Waals surface area (Å²) in [6, 6.07) is 5.27. The van der Waals surface area contributed by atoms with Crippen LogP contribution in [0.25, 0.3) is 0 Å². The number of benzene rings is 1. The van der Waals surface area contributed by atoms with Gasteiger partial charge in [0.15, 0.2) is 0 Å². The van der Waals surface area contributed by atoms with Gasteiger partial charge in [-0.05, 0) is 57.4 Å². The Morgan fingerprint density at radius 1 is 1.21 bits per heavy atom. The highest BCUT2D eigenvalue weighted by Gasteiger charge is 2.32. The number of carbonyl (C=O) groups is 1. The quantitative estimate of drug-likeness (QED) is 0.771. The van der Waals surface area contributed by atoms with Gasteiger partial charge < -0.3 is 5.32 Å². The lowest BCUT2D eigenvalue weighted by molar-refractivity contribution is -0.116. The first-order valence-corrected chi connectivity index (χ1v) is 11.1.